The highest BCUT2D eigenvalue weighted by molar-refractivity contribution is 7.98. The topological polar surface area (TPSA) is 84.9 Å². The molecule has 1 fully saturated rings. The molecule has 3 heterocycles. The number of thioether (sulfide) groups is 1. The molecule has 7 nitrogen and oxygen atoms in total. The van der Waals surface area contributed by atoms with Crippen LogP contribution in [0.25, 0.3) is 0 Å². The zero-order chi connectivity index (χ0) is 24.9. The van der Waals surface area contributed by atoms with Gasteiger partial charge in [0.25, 0.3) is 5.56 Å². The van der Waals surface area contributed by atoms with E-state index in [1.807, 2.05) is 43.5 Å². The summed E-state index contributed by atoms with van der Waals surface area (Å²) in [6, 6.07) is 12.9. The van der Waals surface area contributed by atoms with Crippen LogP contribution in [0.3, 0.4) is 0 Å². The van der Waals surface area contributed by atoms with Crippen LogP contribution in [0, 0.1) is 12.8 Å². The predicted octanol–water partition coefficient (Wildman–Crippen LogP) is 4.59. The van der Waals surface area contributed by atoms with E-state index in [1.165, 1.54) is 0 Å². The molecule has 8 heteroatoms. The number of rotatable bonds is 8. The average molecular weight is 497 g/mol. The van der Waals surface area contributed by atoms with Crippen molar-refractivity contribution < 1.29 is 19.1 Å². The summed E-state index contributed by atoms with van der Waals surface area (Å²) < 4.78 is 12.3. The summed E-state index contributed by atoms with van der Waals surface area (Å²) in [7, 11) is 0. The van der Waals surface area contributed by atoms with Gasteiger partial charge in [0.05, 0.1) is 36.9 Å². The molecule has 1 aliphatic heterocycles. The molecule has 1 atom stereocenters. The predicted molar refractivity (Wildman–Crippen MR) is 136 cm³/mol. The number of nitrogens with zero attached hydrogens (tertiary/aromatic N) is 2. The van der Waals surface area contributed by atoms with Crippen LogP contribution in [-0.2, 0) is 16.1 Å². The smallest absolute Gasteiger partial charge is 0.309 e. The van der Waals surface area contributed by atoms with E-state index in [4.69, 9.17) is 9.15 Å². The molecule has 0 unspecified atom stereocenters. The Kier molecular flexibility index (Phi) is 8.03. The fourth-order valence-corrected chi connectivity index (χ4v) is 5.19. The van der Waals surface area contributed by atoms with Gasteiger partial charge in [-0.2, -0.15) is 0 Å². The maximum absolute atomic E-state index is 13.8. The van der Waals surface area contributed by atoms with Gasteiger partial charge in [0.2, 0.25) is 0 Å². The summed E-state index contributed by atoms with van der Waals surface area (Å²) >= 11 is 1.65. The van der Waals surface area contributed by atoms with Crippen LogP contribution in [0.4, 0.5) is 0 Å². The molecule has 1 aromatic carbocycles. The number of furan rings is 1. The van der Waals surface area contributed by atoms with Crippen LogP contribution in [-0.4, -0.2) is 46.5 Å². The summed E-state index contributed by atoms with van der Waals surface area (Å²) in [4.78, 5) is 29.4. The van der Waals surface area contributed by atoms with E-state index >= 15 is 0 Å². The number of aromatic nitrogens is 1. The number of ether oxygens (including phenoxy) is 1. The summed E-state index contributed by atoms with van der Waals surface area (Å²) in [6.07, 6.45) is 4.89. The number of hydrogen-bond acceptors (Lipinski definition) is 7. The second-order valence-electron chi connectivity index (χ2n) is 8.79. The molecule has 0 saturated carbocycles. The van der Waals surface area contributed by atoms with Crippen LogP contribution in [0.15, 0.2) is 62.8 Å². The molecule has 0 bridgehead atoms. The minimum atomic E-state index is -0.440. The highest BCUT2D eigenvalue weighted by atomic mass is 32.2. The molecule has 0 radical (unpaired) electrons. The third-order valence-corrected chi connectivity index (χ3v) is 7.38. The quantitative estimate of drug-likeness (QED) is 0.361. The van der Waals surface area contributed by atoms with Crippen molar-refractivity contribution in [2.24, 2.45) is 5.92 Å². The van der Waals surface area contributed by atoms with Crippen LogP contribution in [0.5, 0.6) is 5.75 Å². The minimum absolute atomic E-state index is 0.0188. The molecule has 1 N–H and O–H groups in total. The monoisotopic (exact) mass is 496 g/mol. The van der Waals surface area contributed by atoms with Crippen molar-refractivity contribution >= 4 is 17.7 Å². The zero-order valence-corrected chi connectivity index (χ0v) is 21.2. The molecular weight excluding hydrogens is 464 g/mol. The Bertz CT molecular complexity index is 1200. The van der Waals surface area contributed by atoms with E-state index in [-0.39, 0.29) is 29.7 Å². The highest BCUT2D eigenvalue weighted by Crippen LogP contribution is 2.36. The number of benzene rings is 1. The lowest BCUT2D eigenvalue weighted by atomic mass is 9.91. The number of carbonyl (C=O) groups is 1. The van der Waals surface area contributed by atoms with Gasteiger partial charge in [-0.05, 0) is 81.9 Å². The van der Waals surface area contributed by atoms with Crippen molar-refractivity contribution in [1.82, 2.24) is 9.47 Å². The molecule has 35 heavy (non-hydrogen) atoms. The average Bonchev–Trinajstić information content (AvgIpc) is 3.38. The normalized spacial score (nSPS) is 15.7. The number of hydrogen-bond donors (Lipinski definition) is 1. The first kappa shape index (κ1) is 25.1. The molecule has 2 aromatic heterocycles. The lowest BCUT2D eigenvalue weighted by Gasteiger charge is -2.37. The van der Waals surface area contributed by atoms with Crippen molar-refractivity contribution in [1.29, 1.82) is 0 Å². The third kappa shape index (κ3) is 5.49. The second kappa shape index (κ2) is 11.2. The molecular formula is C27H32N2O5S. The molecule has 3 aromatic rings. The fourth-order valence-electron chi connectivity index (χ4n) is 4.78. The first-order chi connectivity index (χ1) is 16.9. The van der Waals surface area contributed by atoms with Crippen LogP contribution < -0.4 is 5.56 Å². The Morgan fingerprint density at radius 2 is 1.94 bits per heavy atom. The molecule has 4 rings (SSSR count). The molecule has 1 saturated heterocycles. The van der Waals surface area contributed by atoms with Crippen LogP contribution >= 0.6 is 11.8 Å². The fraction of sp³-hybridized carbons (Fsp3) is 0.407. The van der Waals surface area contributed by atoms with Crippen LogP contribution in [0.2, 0.25) is 0 Å². The van der Waals surface area contributed by atoms with E-state index in [1.54, 1.807) is 41.6 Å². The number of carbonyl (C=O) groups excluding carboxylic acids is 1. The van der Waals surface area contributed by atoms with E-state index in [0.717, 1.165) is 10.5 Å². The largest absolute Gasteiger partial charge is 0.507 e. The standard InChI is InChI=1S/C27H32N2O5S/c1-4-33-27(32)20-11-13-28(14-12-20)25(19-7-9-22(35-3)10-8-19)24-23(30)16-18(2)29(26(24)31)17-21-6-5-15-34-21/h5-10,15-16,20,25,30H,4,11-14,17H2,1-3H3/t25-/m1/s1. The molecule has 1 aliphatic rings. The zero-order valence-electron chi connectivity index (χ0n) is 20.4. The van der Waals surface area contributed by atoms with Gasteiger partial charge >= 0.3 is 5.97 Å². The van der Waals surface area contributed by atoms with Crippen LogP contribution in [0.1, 0.15) is 48.4 Å². The second-order valence-corrected chi connectivity index (χ2v) is 9.67. The Balaban J connectivity index is 1.74. The van der Waals surface area contributed by atoms with Crippen molar-refractivity contribution in [2.75, 3.05) is 26.0 Å². The van der Waals surface area contributed by atoms with E-state index in [9.17, 15) is 14.7 Å². The Labute approximate surface area is 209 Å². The first-order valence-electron chi connectivity index (χ1n) is 11.9. The first-order valence-corrected chi connectivity index (χ1v) is 13.2. The lowest BCUT2D eigenvalue weighted by molar-refractivity contribution is -0.149. The van der Waals surface area contributed by atoms with Gasteiger partial charge in [-0.25, -0.2) is 0 Å². The van der Waals surface area contributed by atoms with Crippen molar-refractivity contribution in [3.05, 3.63) is 81.7 Å². The molecule has 0 spiro atoms. The van der Waals surface area contributed by atoms with E-state index in [0.29, 0.717) is 49.6 Å². The summed E-state index contributed by atoms with van der Waals surface area (Å²) in [5, 5.41) is 11.1. The number of aryl methyl sites for hydroxylation is 1. The van der Waals surface area contributed by atoms with Gasteiger partial charge in [-0.1, -0.05) is 12.1 Å². The lowest BCUT2D eigenvalue weighted by Crippen LogP contribution is -2.42. The number of esters is 1. The Morgan fingerprint density at radius 3 is 2.54 bits per heavy atom. The number of aromatic hydroxyl groups is 1. The Hall–Kier alpha value is -2.97. The summed E-state index contributed by atoms with van der Waals surface area (Å²) in [6.45, 7) is 5.51. The number of pyridine rings is 1. The van der Waals surface area contributed by atoms with Gasteiger partial charge in [0.1, 0.15) is 11.5 Å². The van der Waals surface area contributed by atoms with Gasteiger partial charge < -0.3 is 18.8 Å². The van der Waals surface area contributed by atoms with Crippen molar-refractivity contribution in [2.45, 2.75) is 44.2 Å². The van der Waals surface area contributed by atoms with Gasteiger partial charge in [-0.15, -0.1) is 11.8 Å². The summed E-state index contributed by atoms with van der Waals surface area (Å²) in [5.41, 5.74) is 1.68. The molecule has 0 aliphatic carbocycles. The van der Waals surface area contributed by atoms with Crippen molar-refractivity contribution in [3.8, 4) is 5.75 Å². The number of piperidine rings is 1. The van der Waals surface area contributed by atoms with Gasteiger partial charge in [-0.3, -0.25) is 14.5 Å². The maximum Gasteiger partial charge on any atom is 0.309 e. The van der Waals surface area contributed by atoms with E-state index in [2.05, 4.69) is 4.90 Å². The van der Waals surface area contributed by atoms with Gasteiger partial charge in [0, 0.05) is 10.6 Å². The third-order valence-electron chi connectivity index (χ3n) is 6.64. The van der Waals surface area contributed by atoms with Crippen molar-refractivity contribution in [3.63, 3.8) is 0 Å². The molecule has 0 amide bonds. The SMILES string of the molecule is CCOC(=O)C1CCN([C@H](c2ccc(SC)cc2)c2c(O)cc(C)n(Cc3ccco3)c2=O)CC1. The Morgan fingerprint density at radius 1 is 1.23 bits per heavy atom. The molecule has 186 valence electrons. The summed E-state index contributed by atoms with van der Waals surface area (Å²) in [5.74, 6) is 0.345. The highest BCUT2D eigenvalue weighted by Gasteiger charge is 2.34. The van der Waals surface area contributed by atoms with E-state index < -0.39 is 6.04 Å². The minimum Gasteiger partial charge on any atom is -0.507 e. The maximum atomic E-state index is 13.8. The van der Waals surface area contributed by atoms with Gasteiger partial charge in [0.15, 0.2) is 0 Å². The number of likely N-dealkylation sites (tertiary alicyclic amines) is 1.